The fourth-order valence-corrected chi connectivity index (χ4v) is 3.07. The number of nitrogens with zero attached hydrogens (tertiary/aromatic N) is 2. The van der Waals surface area contributed by atoms with Gasteiger partial charge in [0.2, 0.25) is 0 Å². The molecule has 1 fully saturated rings. The number of ether oxygens (including phenoxy) is 2. The number of nitrogens with one attached hydrogen (secondary N) is 1. The SMILES string of the molecule is COC(=O)c1nc(CC2CCCNC2)n2cccc(OC)c12. The van der Waals surface area contributed by atoms with Gasteiger partial charge in [0.1, 0.15) is 17.1 Å². The number of rotatable bonds is 4. The highest BCUT2D eigenvalue weighted by Gasteiger charge is 2.23. The van der Waals surface area contributed by atoms with Crippen LogP contribution in [0.5, 0.6) is 5.75 Å². The van der Waals surface area contributed by atoms with Gasteiger partial charge in [0.15, 0.2) is 5.69 Å². The second-order valence-corrected chi connectivity index (χ2v) is 5.58. The number of hydrogen-bond donors (Lipinski definition) is 1. The van der Waals surface area contributed by atoms with Gasteiger partial charge in [-0.1, -0.05) is 0 Å². The van der Waals surface area contributed by atoms with Gasteiger partial charge in [-0.3, -0.25) is 4.40 Å². The average molecular weight is 303 g/mol. The molecule has 118 valence electrons. The summed E-state index contributed by atoms with van der Waals surface area (Å²) < 4.78 is 12.2. The molecule has 3 rings (SSSR count). The van der Waals surface area contributed by atoms with Crippen LogP contribution in [0.4, 0.5) is 0 Å². The molecule has 1 aliphatic heterocycles. The van der Waals surface area contributed by atoms with E-state index in [9.17, 15) is 4.79 Å². The van der Waals surface area contributed by atoms with Gasteiger partial charge < -0.3 is 14.8 Å². The molecule has 3 heterocycles. The van der Waals surface area contributed by atoms with Crippen LogP contribution in [0.15, 0.2) is 18.3 Å². The van der Waals surface area contributed by atoms with Crippen LogP contribution in [-0.2, 0) is 11.2 Å². The molecule has 0 aromatic carbocycles. The molecule has 6 heteroatoms. The lowest BCUT2D eigenvalue weighted by molar-refractivity contribution is 0.0596. The molecule has 1 unspecified atom stereocenters. The predicted molar refractivity (Wildman–Crippen MR) is 82.4 cm³/mol. The smallest absolute Gasteiger partial charge is 0.359 e. The van der Waals surface area contributed by atoms with Crippen LogP contribution in [0.2, 0.25) is 0 Å². The van der Waals surface area contributed by atoms with Crippen molar-refractivity contribution in [2.75, 3.05) is 27.3 Å². The molecule has 6 nitrogen and oxygen atoms in total. The van der Waals surface area contributed by atoms with E-state index in [0.717, 1.165) is 25.3 Å². The first kappa shape index (κ1) is 14.8. The number of methoxy groups -OCH3 is 2. The van der Waals surface area contributed by atoms with Gasteiger partial charge in [-0.25, -0.2) is 9.78 Å². The minimum absolute atomic E-state index is 0.318. The molecule has 1 saturated heterocycles. The van der Waals surface area contributed by atoms with Crippen LogP contribution in [0.25, 0.3) is 5.52 Å². The Morgan fingerprint density at radius 3 is 3.05 bits per heavy atom. The van der Waals surface area contributed by atoms with Crippen molar-refractivity contribution < 1.29 is 14.3 Å². The first-order valence-electron chi connectivity index (χ1n) is 7.57. The maximum absolute atomic E-state index is 12.0. The van der Waals surface area contributed by atoms with Gasteiger partial charge in [-0.15, -0.1) is 0 Å². The molecule has 1 atom stereocenters. The standard InChI is InChI=1S/C16H21N3O3/c1-21-12-6-4-8-19-13(9-11-5-3-7-17-10-11)18-14(15(12)19)16(20)22-2/h4,6,8,11,17H,3,5,7,9-10H2,1-2H3. The van der Waals surface area contributed by atoms with E-state index in [2.05, 4.69) is 10.3 Å². The number of imidazole rings is 1. The zero-order valence-corrected chi connectivity index (χ0v) is 13.0. The van der Waals surface area contributed by atoms with Crippen molar-refractivity contribution in [2.45, 2.75) is 19.3 Å². The molecule has 0 spiro atoms. The number of carbonyl (C=O) groups excluding carboxylic acids is 1. The van der Waals surface area contributed by atoms with Crippen molar-refractivity contribution >= 4 is 11.5 Å². The van der Waals surface area contributed by atoms with Gasteiger partial charge in [0, 0.05) is 12.6 Å². The van der Waals surface area contributed by atoms with Crippen LogP contribution in [-0.4, -0.2) is 42.7 Å². The summed E-state index contributed by atoms with van der Waals surface area (Å²) in [5.74, 6) is 1.61. The third-order valence-electron chi connectivity index (χ3n) is 4.17. The predicted octanol–water partition coefficient (Wildman–Crippen LogP) is 1.67. The van der Waals surface area contributed by atoms with Gasteiger partial charge in [0.25, 0.3) is 0 Å². The Morgan fingerprint density at radius 2 is 2.36 bits per heavy atom. The molecule has 0 amide bonds. The van der Waals surface area contributed by atoms with Crippen molar-refractivity contribution in [3.63, 3.8) is 0 Å². The van der Waals surface area contributed by atoms with E-state index in [1.54, 1.807) is 7.11 Å². The second-order valence-electron chi connectivity index (χ2n) is 5.58. The largest absolute Gasteiger partial charge is 0.494 e. The summed E-state index contributed by atoms with van der Waals surface area (Å²) in [6, 6.07) is 3.73. The number of aromatic nitrogens is 2. The summed E-state index contributed by atoms with van der Waals surface area (Å²) >= 11 is 0. The fraction of sp³-hybridized carbons (Fsp3) is 0.500. The van der Waals surface area contributed by atoms with E-state index in [1.807, 2.05) is 22.7 Å². The highest BCUT2D eigenvalue weighted by Crippen LogP contribution is 2.26. The number of esters is 1. The van der Waals surface area contributed by atoms with E-state index < -0.39 is 5.97 Å². The summed E-state index contributed by atoms with van der Waals surface area (Å²) in [5, 5.41) is 3.41. The molecule has 0 radical (unpaired) electrons. The van der Waals surface area contributed by atoms with Crippen molar-refractivity contribution in [1.82, 2.24) is 14.7 Å². The number of fused-ring (bicyclic) bond motifs is 1. The van der Waals surface area contributed by atoms with Crippen LogP contribution in [0.1, 0.15) is 29.2 Å². The molecule has 1 N–H and O–H groups in total. The van der Waals surface area contributed by atoms with Crippen LogP contribution in [0, 0.1) is 5.92 Å². The number of piperidine rings is 1. The highest BCUT2D eigenvalue weighted by molar-refractivity contribution is 5.97. The first-order chi connectivity index (χ1) is 10.7. The summed E-state index contributed by atoms with van der Waals surface area (Å²) in [5.41, 5.74) is 0.995. The molecule has 0 aliphatic carbocycles. The minimum atomic E-state index is -0.435. The zero-order chi connectivity index (χ0) is 15.5. The summed E-state index contributed by atoms with van der Waals surface area (Å²) in [7, 11) is 2.96. The monoisotopic (exact) mass is 303 g/mol. The van der Waals surface area contributed by atoms with E-state index in [1.165, 1.54) is 20.0 Å². The summed E-state index contributed by atoms with van der Waals surface area (Å²) in [6.45, 7) is 2.08. The van der Waals surface area contributed by atoms with Crippen LogP contribution in [0.3, 0.4) is 0 Å². The second kappa shape index (κ2) is 6.36. The van der Waals surface area contributed by atoms with Crippen molar-refractivity contribution in [3.05, 3.63) is 29.8 Å². The molecular formula is C16H21N3O3. The van der Waals surface area contributed by atoms with E-state index >= 15 is 0 Å². The Bertz CT molecular complexity index is 675. The van der Waals surface area contributed by atoms with E-state index in [-0.39, 0.29) is 0 Å². The van der Waals surface area contributed by atoms with Gasteiger partial charge in [0.05, 0.1) is 14.2 Å². The van der Waals surface area contributed by atoms with Crippen molar-refractivity contribution in [3.8, 4) is 5.75 Å². The van der Waals surface area contributed by atoms with Crippen molar-refractivity contribution in [1.29, 1.82) is 0 Å². The van der Waals surface area contributed by atoms with Gasteiger partial charge in [-0.05, 0) is 44.0 Å². The molecule has 2 aromatic heterocycles. The summed E-state index contributed by atoms with van der Waals surface area (Å²) in [6.07, 6.45) is 5.11. The van der Waals surface area contributed by atoms with E-state index in [4.69, 9.17) is 9.47 Å². The topological polar surface area (TPSA) is 64.9 Å². The Labute approximate surface area is 129 Å². The molecule has 2 aromatic rings. The first-order valence-corrected chi connectivity index (χ1v) is 7.57. The van der Waals surface area contributed by atoms with Crippen molar-refractivity contribution in [2.24, 2.45) is 5.92 Å². The zero-order valence-electron chi connectivity index (χ0n) is 13.0. The quantitative estimate of drug-likeness (QED) is 0.871. The Kier molecular flexibility index (Phi) is 4.29. The number of carbonyl (C=O) groups is 1. The average Bonchev–Trinajstić information content (AvgIpc) is 2.94. The molecule has 0 saturated carbocycles. The molecular weight excluding hydrogens is 282 g/mol. The Hall–Kier alpha value is -2.08. The third-order valence-corrected chi connectivity index (χ3v) is 4.17. The van der Waals surface area contributed by atoms with Gasteiger partial charge in [-0.2, -0.15) is 0 Å². The van der Waals surface area contributed by atoms with Gasteiger partial charge >= 0.3 is 5.97 Å². The third kappa shape index (κ3) is 2.66. The Morgan fingerprint density at radius 1 is 1.50 bits per heavy atom. The van der Waals surface area contributed by atoms with E-state index in [0.29, 0.717) is 22.9 Å². The molecule has 0 bridgehead atoms. The number of pyridine rings is 1. The highest BCUT2D eigenvalue weighted by atomic mass is 16.5. The maximum atomic E-state index is 12.0. The maximum Gasteiger partial charge on any atom is 0.359 e. The van der Waals surface area contributed by atoms with Crippen LogP contribution >= 0.6 is 0 Å². The lowest BCUT2D eigenvalue weighted by Crippen LogP contribution is -2.31. The van der Waals surface area contributed by atoms with Crippen LogP contribution < -0.4 is 10.1 Å². The normalized spacial score (nSPS) is 18.4. The molecule has 22 heavy (non-hydrogen) atoms. The lowest BCUT2D eigenvalue weighted by atomic mass is 9.96. The Balaban J connectivity index is 2.04. The molecule has 1 aliphatic rings. The summed E-state index contributed by atoms with van der Waals surface area (Å²) in [4.78, 5) is 16.6. The lowest BCUT2D eigenvalue weighted by Gasteiger charge is -2.22. The minimum Gasteiger partial charge on any atom is -0.494 e. The number of hydrogen-bond acceptors (Lipinski definition) is 5. The fourth-order valence-electron chi connectivity index (χ4n) is 3.07.